The molecule has 1 aliphatic rings. The molecule has 0 aliphatic carbocycles. The molecule has 3 nitrogen and oxygen atoms in total. The minimum Gasteiger partial charge on any atom is -0.303 e. The summed E-state index contributed by atoms with van der Waals surface area (Å²) in [6.07, 6.45) is 0. The lowest BCUT2D eigenvalue weighted by molar-refractivity contribution is -0.116. The molecule has 0 aromatic heterocycles. The molecule has 0 bridgehead atoms. The highest BCUT2D eigenvalue weighted by atomic mass is 31.2. The number of hydrogen-bond acceptors (Lipinski definition) is 2. The zero-order valence-corrected chi connectivity index (χ0v) is 19.5. The predicted octanol–water partition coefficient (Wildman–Crippen LogP) is 4.72. The van der Waals surface area contributed by atoms with Crippen molar-refractivity contribution in [2.75, 3.05) is 11.4 Å². The Bertz CT molecular complexity index is 1180. The third-order valence-electron chi connectivity index (χ3n) is 6.38. The van der Waals surface area contributed by atoms with Gasteiger partial charge in [-0.25, -0.2) is 0 Å². The molecule has 162 valence electrons. The van der Waals surface area contributed by atoms with Gasteiger partial charge in [0.1, 0.15) is 23.2 Å². The smallest absolute Gasteiger partial charge is 0.275 e. The van der Waals surface area contributed by atoms with Gasteiger partial charge < -0.3 is 10.3 Å². The molecule has 4 aromatic rings. The van der Waals surface area contributed by atoms with E-state index in [1.54, 1.807) is 4.90 Å². The van der Waals surface area contributed by atoms with E-state index in [-0.39, 0.29) is 5.91 Å². The summed E-state index contributed by atoms with van der Waals surface area (Å²) in [6.45, 7) is 2.36. The molecule has 5 rings (SSSR count). The second-order valence-corrected chi connectivity index (χ2v) is 11.9. The van der Waals surface area contributed by atoms with Crippen molar-refractivity contribution in [1.82, 2.24) is 0 Å². The summed E-state index contributed by atoms with van der Waals surface area (Å²) < 4.78 is 0. The highest BCUT2D eigenvalue weighted by Crippen LogP contribution is 2.61. The van der Waals surface area contributed by atoms with Gasteiger partial charge in [0, 0.05) is 5.69 Å². The van der Waals surface area contributed by atoms with Gasteiger partial charge in [-0.3, -0.25) is 4.79 Å². The van der Waals surface area contributed by atoms with Gasteiger partial charge >= 0.3 is 0 Å². The van der Waals surface area contributed by atoms with Crippen LogP contribution >= 0.6 is 7.26 Å². The number of benzene rings is 4. The van der Waals surface area contributed by atoms with Crippen LogP contribution in [0.5, 0.6) is 0 Å². The molecule has 0 spiro atoms. The fraction of sp³-hybridized carbons (Fsp3) is 0.103. The summed E-state index contributed by atoms with van der Waals surface area (Å²) in [5, 5.41) is 12.5. The van der Waals surface area contributed by atoms with Gasteiger partial charge in [-0.1, -0.05) is 72.3 Å². The minimum atomic E-state index is -2.50. The van der Waals surface area contributed by atoms with Gasteiger partial charge in [-0.05, 0) is 55.5 Å². The van der Waals surface area contributed by atoms with Crippen molar-refractivity contribution in [3.05, 3.63) is 121 Å². The third kappa shape index (κ3) is 3.59. The monoisotopic (exact) mass is 449 g/mol. The van der Waals surface area contributed by atoms with E-state index < -0.39 is 12.9 Å². The van der Waals surface area contributed by atoms with E-state index in [4.69, 9.17) is 5.41 Å². The summed E-state index contributed by atoms with van der Waals surface area (Å²) in [5.41, 5.74) is 1.94. The van der Waals surface area contributed by atoms with Crippen LogP contribution in [0.1, 0.15) is 5.56 Å². The van der Waals surface area contributed by atoms with E-state index in [0.717, 1.165) is 27.2 Å². The number of carbonyl (C=O) groups excluding carboxylic acids is 1. The number of nitrogens with one attached hydrogen (secondary N) is 1. The van der Waals surface area contributed by atoms with Crippen LogP contribution < -0.4 is 20.8 Å². The Labute approximate surface area is 195 Å². The summed E-state index contributed by atoms with van der Waals surface area (Å²) in [6, 6.07) is 39.0. The standard InChI is InChI=1S/C29H26N2OP/c1-22-17-19-23(20-18-22)31-21-27(30)28(29(31)32)33(24-11-5-2-6-12-24,25-13-7-3-8-14-25)26-15-9-4-10-16-26/h2-20,28,30H,21H2,1H3/q+1/t28-/m0/s1. The van der Waals surface area contributed by atoms with Crippen LogP contribution in [0.3, 0.4) is 0 Å². The molecule has 4 heteroatoms. The van der Waals surface area contributed by atoms with Gasteiger partial charge in [0.05, 0.1) is 12.3 Å². The Morgan fingerprint density at radius 2 is 1.12 bits per heavy atom. The van der Waals surface area contributed by atoms with E-state index in [9.17, 15) is 4.79 Å². The van der Waals surface area contributed by atoms with E-state index in [0.29, 0.717) is 12.3 Å². The first kappa shape index (κ1) is 21.3. The molecule has 1 fully saturated rings. The maximum absolute atomic E-state index is 14.2. The molecular weight excluding hydrogens is 423 g/mol. The maximum Gasteiger partial charge on any atom is 0.275 e. The third-order valence-corrected chi connectivity index (χ3v) is 11.0. The van der Waals surface area contributed by atoms with E-state index in [2.05, 4.69) is 36.4 Å². The molecule has 1 saturated heterocycles. The summed E-state index contributed by atoms with van der Waals surface area (Å²) >= 11 is 0. The van der Waals surface area contributed by atoms with Gasteiger partial charge in [-0.2, -0.15) is 0 Å². The van der Waals surface area contributed by atoms with Crippen LogP contribution in [0, 0.1) is 12.3 Å². The Morgan fingerprint density at radius 1 is 0.697 bits per heavy atom. The van der Waals surface area contributed by atoms with E-state index in [1.807, 2.05) is 85.8 Å². The Morgan fingerprint density at radius 3 is 1.55 bits per heavy atom. The first-order valence-corrected chi connectivity index (χ1v) is 13.0. The molecule has 0 saturated carbocycles. The molecule has 1 aliphatic heterocycles. The van der Waals surface area contributed by atoms with E-state index in [1.165, 1.54) is 0 Å². The van der Waals surface area contributed by atoms with Gasteiger partial charge in [0.2, 0.25) is 5.66 Å². The second kappa shape index (κ2) is 8.77. The van der Waals surface area contributed by atoms with Gasteiger partial charge in [0.25, 0.3) is 5.91 Å². The van der Waals surface area contributed by atoms with Gasteiger partial charge in [0.15, 0.2) is 0 Å². The van der Waals surface area contributed by atoms with Crippen molar-refractivity contribution < 1.29 is 4.79 Å². The fourth-order valence-corrected chi connectivity index (χ4v) is 9.59. The molecule has 4 aromatic carbocycles. The first-order valence-electron chi connectivity index (χ1n) is 11.1. The molecule has 0 radical (unpaired) electrons. The number of carbonyl (C=O) groups is 1. The molecule has 1 amide bonds. The average Bonchev–Trinajstić information content (AvgIpc) is 3.17. The number of amides is 1. The van der Waals surface area contributed by atoms with Gasteiger partial charge in [-0.15, -0.1) is 0 Å². The van der Waals surface area contributed by atoms with Crippen molar-refractivity contribution in [2.45, 2.75) is 12.6 Å². The van der Waals surface area contributed by atoms with Crippen LogP contribution in [0.4, 0.5) is 5.69 Å². The zero-order chi connectivity index (χ0) is 22.8. The maximum atomic E-state index is 14.2. The zero-order valence-electron chi connectivity index (χ0n) is 18.6. The highest BCUT2D eigenvalue weighted by Gasteiger charge is 2.61. The Hall–Kier alpha value is -3.55. The lowest BCUT2D eigenvalue weighted by atomic mass is 10.2. The van der Waals surface area contributed by atoms with Crippen LogP contribution in [0.2, 0.25) is 0 Å². The lowest BCUT2D eigenvalue weighted by Crippen LogP contribution is -2.44. The summed E-state index contributed by atoms with van der Waals surface area (Å²) in [7, 11) is -2.50. The van der Waals surface area contributed by atoms with Crippen LogP contribution in [-0.4, -0.2) is 23.8 Å². The normalized spacial score (nSPS) is 16.3. The van der Waals surface area contributed by atoms with Crippen molar-refractivity contribution in [3.8, 4) is 0 Å². The molecule has 33 heavy (non-hydrogen) atoms. The van der Waals surface area contributed by atoms with Crippen LogP contribution in [0.15, 0.2) is 115 Å². The van der Waals surface area contributed by atoms with Crippen molar-refractivity contribution in [3.63, 3.8) is 0 Å². The quantitative estimate of drug-likeness (QED) is 0.440. The highest BCUT2D eigenvalue weighted by molar-refractivity contribution is 7.97. The molecule has 1 heterocycles. The predicted molar refractivity (Wildman–Crippen MR) is 140 cm³/mol. The first-order chi connectivity index (χ1) is 16.1. The number of nitrogens with zero attached hydrogens (tertiary/aromatic N) is 1. The lowest BCUT2D eigenvalue weighted by Gasteiger charge is -2.31. The van der Waals surface area contributed by atoms with Crippen LogP contribution in [-0.2, 0) is 4.79 Å². The SMILES string of the molecule is Cc1ccc(N2CC(=N)[C@H]([P+](c3ccccc3)(c3ccccc3)c3ccccc3)C2=O)cc1. The molecule has 1 atom stereocenters. The number of rotatable bonds is 5. The summed E-state index contributed by atoms with van der Waals surface area (Å²) in [5.74, 6) is 0.00810. The van der Waals surface area contributed by atoms with Crippen molar-refractivity contribution in [2.24, 2.45) is 0 Å². The Balaban J connectivity index is 1.77. The minimum absolute atomic E-state index is 0.00810. The van der Waals surface area contributed by atoms with Crippen molar-refractivity contribution >= 4 is 40.5 Å². The average molecular weight is 450 g/mol. The second-order valence-electron chi connectivity index (χ2n) is 8.42. The Kier molecular flexibility index (Phi) is 5.66. The number of hydrogen-bond donors (Lipinski definition) is 1. The van der Waals surface area contributed by atoms with Crippen molar-refractivity contribution in [1.29, 1.82) is 5.41 Å². The largest absolute Gasteiger partial charge is 0.303 e. The summed E-state index contributed by atoms with van der Waals surface area (Å²) in [4.78, 5) is 16.0. The molecule has 1 N–H and O–H groups in total. The number of anilines is 1. The van der Waals surface area contributed by atoms with Crippen LogP contribution in [0.25, 0.3) is 0 Å². The molecule has 0 unspecified atom stereocenters. The van der Waals surface area contributed by atoms with E-state index >= 15 is 0 Å². The molecular formula is C29H26N2OP+. The topological polar surface area (TPSA) is 44.2 Å². The fourth-order valence-electron chi connectivity index (χ4n) is 4.86. The number of aryl methyl sites for hydroxylation is 1.